The molecule has 0 aromatic heterocycles. The maximum atomic E-state index is 5.79. The smallest absolute Gasteiger partial charge is 0.161 e. The predicted molar refractivity (Wildman–Crippen MR) is 81.1 cm³/mol. The van der Waals surface area contributed by atoms with E-state index < -0.39 is 0 Å². The highest BCUT2D eigenvalue weighted by Crippen LogP contribution is 2.26. The molecule has 0 heterocycles. The molecule has 0 fully saturated rings. The summed E-state index contributed by atoms with van der Waals surface area (Å²) in [5.41, 5.74) is 2.43. The van der Waals surface area contributed by atoms with E-state index in [4.69, 9.17) is 9.47 Å². The third-order valence-corrected chi connectivity index (χ3v) is 3.07. The van der Waals surface area contributed by atoms with Crippen LogP contribution in [-0.2, 0) is 13.2 Å². The fourth-order valence-corrected chi connectivity index (χ4v) is 1.92. The Balaban J connectivity index is 1.93. The third kappa shape index (κ3) is 4.00. The number of rotatable bonds is 7. The van der Waals surface area contributed by atoms with Crippen LogP contribution in [0.4, 0.5) is 0 Å². The molecule has 20 heavy (non-hydrogen) atoms. The quantitative estimate of drug-likeness (QED) is 0.837. The van der Waals surface area contributed by atoms with Crippen LogP contribution in [0.25, 0.3) is 0 Å². The molecule has 2 aromatic rings. The van der Waals surface area contributed by atoms with Gasteiger partial charge in [-0.2, -0.15) is 0 Å². The molecule has 106 valence electrons. The zero-order valence-electron chi connectivity index (χ0n) is 12.1. The molecule has 0 spiro atoms. The van der Waals surface area contributed by atoms with Crippen molar-refractivity contribution in [3.63, 3.8) is 0 Å². The lowest BCUT2D eigenvalue weighted by Gasteiger charge is -2.10. The van der Waals surface area contributed by atoms with Crippen molar-refractivity contribution in [3.8, 4) is 11.5 Å². The van der Waals surface area contributed by atoms with Crippen LogP contribution < -0.4 is 14.8 Å². The Bertz CT molecular complexity index is 523. The summed E-state index contributed by atoms with van der Waals surface area (Å²) in [4.78, 5) is 0. The molecule has 0 bridgehead atoms. The van der Waals surface area contributed by atoms with E-state index in [1.165, 1.54) is 5.56 Å². The molecule has 2 aromatic carbocycles. The minimum atomic E-state index is 0.544. The Kier molecular flexibility index (Phi) is 5.44. The van der Waals surface area contributed by atoms with Crippen molar-refractivity contribution < 1.29 is 9.47 Å². The van der Waals surface area contributed by atoms with Gasteiger partial charge in [-0.15, -0.1) is 0 Å². The van der Waals surface area contributed by atoms with Gasteiger partial charge in [0.1, 0.15) is 6.61 Å². The lowest BCUT2D eigenvalue weighted by Crippen LogP contribution is -2.11. The van der Waals surface area contributed by atoms with Crippen molar-refractivity contribution in [1.82, 2.24) is 5.32 Å². The largest absolute Gasteiger partial charge is 0.493 e. The molecule has 0 aliphatic heterocycles. The van der Waals surface area contributed by atoms with E-state index in [2.05, 4.69) is 36.5 Å². The molecular weight excluding hydrogens is 250 g/mol. The van der Waals surface area contributed by atoms with Crippen LogP contribution in [0.15, 0.2) is 48.5 Å². The summed E-state index contributed by atoms with van der Waals surface area (Å²) in [6.45, 7) is 4.54. The molecule has 0 radical (unpaired) electrons. The Hall–Kier alpha value is -2.00. The van der Waals surface area contributed by atoms with Gasteiger partial charge in [-0.05, 0) is 29.8 Å². The van der Waals surface area contributed by atoms with Gasteiger partial charge in [-0.3, -0.25) is 0 Å². The Morgan fingerprint density at radius 1 is 0.900 bits per heavy atom. The van der Waals surface area contributed by atoms with E-state index in [9.17, 15) is 0 Å². The van der Waals surface area contributed by atoms with Gasteiger partial charge >= 0.3 is 0 Å². The first kappa shape index (κ1) is 14.4. The Labute approximate surface area is 120 Å². The number of hydrogen-bond donors (Lipinski definition) is 1. The number of benzene rings is 2. The second-order valence-electron chi connectivity index (χ2n) is 4.54. The van der Waals surface area contributed by atoms with Crippen LogP contribution in [0, 0.1) is 0 Å². The van der Waals surface area contributed by atoms with Gasteiger partial charge < -0.3 is 14.8 Å². The topological polar surface area (TPSA) is 30.5 Å². The van der Waals surface area contributed by atoms with Gasteiger partial charge in [0.15, 0.2) is 11.5 Å². The van der Waals surface area contributed by atoms with E-state index in [0.717, 1.165) is 30.2 Å². The first-order valence-electron chi connectivity index (χ1n) is 6.88. The van der Waals surface area contributed by atoms with Crippen molar-refractivity contribution in [2.24, 2.45) is 0 Å². The molecule has 0 atom stereocenters. The Morgan fingerprint density at radius 2 is 1.55 bits per heavy atom. The van der Waals surface area contributed by atoms with Crippen LogP contribution in [0.3, 0.4) is 0 Å². The molecule has 3 nitrogen and oxygen atoms in total. The van der Waals surface area contributed by atoms with Gasteiger partial charge in [0.05, 0.1) is 7.11 Å². The molecule has 0 saturated heterocycles. The van der Waals surface area contributed by atoms with E-state index in [0.29, 0.717) is 6.61 Å². The van der Waals surface area contributed by atoms with Crippen molar-refractivity contribution in [3.05, 3.63) is 59.7 Å². The summed E-state index contributed by atoms with van der Waals surface area (Å²) in [6, 6.07) is 16.1. The molecular formula is C17H21NO2. The third-order valence-electron chi connectivity index (χ3n) is 3.07. The zero-order valence-corrected chi connectivity index (χ0v) is 12.1. The van der Waals surface area contributed by atoms with Gasteiger partial charge in [-0.1, -0.05) is 43.3 Å². The van der Waals surface area contributed by atoms with Crippen molar-refractivity contribution in [2.75, 3.05) is 13.7 Å². The number of hydrogen-bond acceptors (Lipinski definition) is 3. The maximum Gasteiger partial charge on any atom is 0.161 e. The molecule has 2 rings (SSSR count). The van der Waals surface area contributed by atoms with E-state index in [1.807, 2.05) is 24.3 Å². The molecule has 0 aliphatic rings. The second kappa shape index (κ2) is 7.56. The highest BCUT2D eigenvalue weighted by molar-refractivity contribution is 5.39. The minimum absolute atomic E-state index is 0.544. The van der Waals surface area contributed by atoms with Crippen molar-refractivity contribution >= 4 is 0 Å². The summed E-state index contributed by atoms with van der Waals surface area (Å²) in [6.07, 6.45) is 0. The molecule has 1 N–H and O–H groups in total. The molecule has 0 amide bonds. The molecule has 0 aliphatic carbocycles. The highest BCUT2D eigenvalue weighted by Gasteiger charge is 2.03. The van der Waals surface area contributed by atoms with Gasteiger partial charge in [0.25, 0.3) is 0 Å². The second-order valence-corrected chi connectivity index (χ2v) is 4.54. The molecule has 3 heteroatoms. The van der Waals surface area contributed by atoms with Gasteiger partial charge in [0, 0.05) is 6.54 Å². The number of nitrogens with one attached hydrogen (secondary N) is 1. The minimum Gasteiger partial charge on any atom is -0.493 e. The average molecular weight is 271 g/mol. The van der Waals surface area contributed by atoms with E-state index in [1.54, 1.807) is 7.11 Å². The zero-order chi connectivity index (χ0) is 14.2. The van der Waals surface area contributed by atoms with Crippen LogP contribution >= 0.6 is 0 Å². The first-order valence-corrected chi connectivity index (χ1v) is 6.88. The molecule has 0 saturated carbocycles. The summed E-state index contributed by atoms with van der Waals surface area (Å²) in [5.74, 6) is 1.53. The van der Waals surface area contributed by atoms with Crippen LogP contribution in [0.1, 0.15) is 18.1 Å². The number of methoxy groups -OCH3 is 1. The number of para-hydroxylation sites is 2. The fraction of sp³-hybridized carbons (Fsp3) is 0.294. The lowest BCUT2D eigenvalue weighted by molar-refractivity contribution is 0.284. The summed E-state index contributed by atoms with van der Waals surface area (Å²) in [7, 11) is 1.65. The van der Waals surface area contributed by atoms with Crippen LogP contribution in [0.2, 0.25) is 0 Å². The summed E-state index contributed by atoms with van der Waals surface area (Å²) < 4.78 is 11.1. The number of ether oxygens (including phenoxy) is 2. The monoisotopic (exact) mass is 271 g/mol. The first-order chi connectivity index (χ1) is 9.83. The Morgan fingerprint density at radius 3 is 2.20 bits per heavy atom. The van der Waals surface area contributed by atoms with E-state index >= 15 is 0 Å². The van der Waals surface area contributed by atoms with Crippen LogP contribution in [0.5, 0.6) is 11.5 Å². The lowest BCUT2D eigenvalue weighted by atomic mass is 10.1. The summed E-state index contributed by atoms with van der Waals surface area (Å²) in [5, 5.41) is 3.31. The normalized spacial score (nSPS) is 10.3. The van der Waals surface area contributed by atoms with E-state index in [-0.39, 0.29) is 0 Å². The SMILES string of the molecule is CCNCc1ccc(COc2ccccc2OC)cc1. The van der Waals surface area contributed by atoms with Crippen molar-refractivity contribution in [2.45, 2.75) is 20.1 Å². The average Bonchev–Trinajstić information content (AvgIpc) is 2.52. The standard InChI is InChI=1S/C17H21NO2/c1-3-18-12-14-8-10-15(11-9-14)13-20-17-7-5-4-6-16(17)19-2/h4-11,18H,3,12-13H2,1-2H3. The van der Waals surface area contributed by atoms with Crippen molar-refractivity contribution in [1.29, 1.82) is 0 Å². The fourth-order valence-electron chi connectivity index (χ4n) is 1.92. The predicted octanol–water partition coefficient (Wildman–Crippen LogP) is 3.38. The van der Waals surface area contributed by atoms with Crippen LogP contribution in [-0.4, -0.2) is 13.7 Å². The molecule has 0 unspecified atom stereocenters. The van der Waals surface area contributed by atoms with Gasteiger partial charge in [0.2, 0.25) is 0 Å². The highest BCUT2D eigenvalue weighted by atomic mass is 16.5. The summed E-state index contributed by atoms with van der Waals surface area (Å²) >= 11 is 0. The maximum absolute atomic E-state index is 5.79. The van der Waals surface area contributed by atoms with Gasteiger partial charge in [-0.25, -0.2) is 0 Å².